The predicted octanol–water partition coefficient (Wildman–Crippen LogP) is 3.28. The van der Waals surface area contributed by atoms with Gasteiger partial charge in [0.1, 0.15) is 6.54 Å². The van der Waals surface area contributed by atoms with Crippen molar-refractivity contribution in [2.45, 2.75) is 83.8 Å². The number of hydrogen-bond acceptors (Lipinski definition) is 6. The van der Waals surface area contributed by atoms with Gasteiger partial charge in [-0.15, -0.1) is 10.2 Å². The Bertz CT molecular complexity index is 812. The molecule has 31 heavy (non-hydrogen) atoms. The summed E-state index contributed by atoms with van der Waals surface area (Å²) in [5, 5.41) is 22.5. The summed E-state index contributed by atoms with van der Waals surface area (Å²) < 4.78 is 5.85. The second-order valence-electron chi connectivity index (χ2n) is 11.6. The van der Waals surface area contributed by atoms with Crippen LogP contribution in [0, 0.1) is 40.4 Å². The minimum Gasteiger partial charge on any atom is -0.390 e. The van der Waals surface area contributed by atoms with Gasteiger partial charge in [0.05, 0.1) is 12.2 Å². The number of aromatic nitrogens is 4. The number of Topliss-reactive ketones (excluding diaryl/α,β-unsaturated/α-hetero) is 1. The van der Waals surface area contributed by atoms with Gasteiger partial charge in [-0.25, -0.2) is 0 Å². The highest BCUT2D eigenvalue weighted by Crippen LogP contribution is 2.68. The van der Waals surface area contributed by atoms with E-state index in [-0.39, 0.29) is 29.1 Å². The minimum absolute atomic E-state index is 0.0834. The van der Waals surface area contributed by atoms with E-state index in [9.17, 15) is 9.90 Å². The molecule has 8 atom stereocenters. The van der Waals surface area contributed by atoms with E-state index in [1.807, 2.05) is 14.0 Å². The number of nitrogens with zero attached hydrogens (tertiary/aromatic N) is 4. The second-order valence-corrected chi connectivity index (χ2v) is 11.6. The number of aliphatic hydroxyl groups is 1. The molecule has 4 fully saturated rings. The summed E-state index contributed by atoms with van der Waals surface area (Å²) in [6.07, 6.45) is 11.1. The average molecular weight is 431 g/mol. The number of carbonyl (C=O) groups is 1. The summed E-state index contributed by atoms with van der Waals surface area (Å²) in [5.74, 6) is 2.88. The first-order chi connectivity index (χ1) is 14.8. The minimum atomic E-state index is -0.530. The lowest BCUT2D eigenvalue weighted by molar-refractivity contribution is -0.175. The van der Waals surface area contributed by atoms with Gasteiger partial charge in [-0.05, 0) is 104 Å². The molecule has 0 unspecified atom stereocenters. The van der Waals surface area contributed by atoms with Crippen LogP contribution in [0.1, 0.15) is 71.6 Å². The number of hydrogen-bond donors (Lipinski definition) is 1. The van der Waals surface area contributed by atoms with E-state index in [4.69, 9.17) is 4.74 Å². The quantitative estimate of drug-likeness (QED) is 0.771. The van der Waals surface area contributed by atoms with Crippen molar-refractivity contribution in [3.8, 4) is 0 Å². The van der Waals surface area contributed by atoms with E-state index in [0.717, 1.165) is 45.1 Å². The van der Waals surface area contributed by atoms with Gasteiger partial charge in [-0.2, -0.15) is 4.80 Å². The third-order valence-corrected chi connectivity index (χ3v) is 10.1. The molecule has 0 aromatic carbocycles. The van der Waals surface area contributed by atoms with Gasteiger partial charge >= 0.3 is 0 Å². The van der Waals surface area contributed by atoms with Crippen LogP contribution < -0.4 is 0 Å². The highest BCUT2D eigenvalue weighted by Gasteiger charge is 2.63. The fraction of sp³-hybridized carbons (Fsp3) is 0.917. The normalized spacial score (nSPS) is 46.8. The molecular formula is C24H38N4O3. The zero-order chi connectivity index (χ0) is 21.9. The van der Waals surface area contributed by atoms with Crippen molar-refractivity contribution in [3.05, 3.63) is 6.33 Å². The van der Waals surface area contributed by atoms with Gasteiger partial charge in [0.15, 0.2) is 12.1 Å². The summed E-state index contributed by atoms with van der Waals surface area (Å²) in [6.45, 7) is 5.47. The van der Waals surface area contributed by atoms with Crippen LogP contribution in [-0.2, 0) is 16.1 Å². The smallest absolute Gasteiger partial charge is 0.162 e. The van der Waals surface area contributed by atoms with Gasteiger partial charge in [-0.3, -0.25) is 4.79 Å². The zero-order valence-electron chi connectivity index (χ0n) is 19.3. The van der Waals surface area contributed by atoms with Crippen LogP contribution in [0.15, 0.2) is 6.33 Å². The molecule has 4 aliphatic rings. The Morgan fingerprint density at radius 1 is 1.13 bits per heavy atom. The lowest BCUT2D eigenvalue weighted by Gasteiger charge is -2.62. The maximum absolute atomic E-state index is 13.2. The number of carbonyl (C=O) groups excluding carboxylic acids is 1. The Balaban J connectivity index is 1.38. The van der Waals surface area contributed by atoms with Crippen molar-refractivity contribution in [2.24, 2.45) is 40.4 Å². The summed E-state index contributed by atoms with van der Waals surface area (Å²) >= 11 is 0. The van der Waals surface area contributed by atoms with Gasteiger partial charge in [0.25, 0.3) is 0 Å². The molecule has 0 spiro atoms. The molecule has 4 aliphatic carbocycles. The van der Waals surface area contributed by atoms with Crippen molar-refractivity contribution < 1.29 is 14.6 Å². The molecule has 1 N–H and O–H groups in total. The van der Waals surface area contributed by atoms with Crippen molar-refractivity contribution in [2.75, 3.05) is 13.7 Å². The molecule has 0 aliphatic heterocycles. The first kappa shape index (κ1) is 21.5. The molecule has 4 saturated carbocycles. The SMILES string of the molecule is COC[C@]12CC[C@@](C)(O)C[C@H]1CC[C@H]1[C@@H]3CC[C@H](C(=O)Cn4ncnn4)[C@@]3(C)CC[C@@H]12. The first-order valence-electron chi connectivity index (χ1n) is 12.2. The summed E-state index contributed by atoms with van der Waals surface area (Å²) in [5.41, 5.74) is -0.244. The number of fused-ring (bicyclic) bond motifs is 5. The number of ether oxygens (including phenoxy) is 1. The maximum Gasteiger partial charge on any atom is 0.162 e. The summed E-state index contributed by atoms with van der Waals surface area (Å²) in [6, 6.07) is 0. The molecule has 7 heteroatoms. The van der Waals surface area contributed by atoms with Crippen molar-refractivity contribution in [1.29, 1.82) is 0 Å². The largest absolute Gasteiger partial charge is 0.390 e. The van der Waals surface area contributed by atoms with Crippen LogP contribution in [0.4, 0.5) is 0 Å². The third kappa shape index (κ3) is 3.38. The highest BCUT2D eigenvalue weighted by molar-refractivity contribution is 5.81. The molecule has 172 valence electrons. The first-order valence-corrected chi connectivity index (χ1v) is 12.2. The van der Waals surface area contributed by atoms with Crippen molar-refractivity contribution in [3.63, 3.8) is 0 Å². The Morgan fingerprint density at radius 2 is 1.97 bits per heavy atom. The maximum atomic E-state index is 13.2. The monoisotopic (exact) mass is 430 g/mol. The zero-order valence-corrected chi connectivity index (χ0v) is 19.3. The topological polar surface area (TPSA) is 90.1 Å². The molecule has 1 aromatic rings. The number of ketones is 1. The van der Waals surface area contributed by atoms with E-state index in [1.165, 1.54) is 30.4 Å². The Kier molecular flexibility index (Phi) is 5.28. The summed E-state index contributed by atoms with van der Waals surface area (Å²) in [4.78, 5) is 14.6. The number of rotatable bonds is 5. The van der Waals surface area contributed by atoms with Crippen LogP contribution in [0.3, 0.4) is 0 Å². The highest BCUT2D eigenvalue weighted by atomic mass is 16.5. The van der Waals surface area contributed by atoms with Crippen LogP contribution >= 0.6 is 0 Å². The number of tetrazole rings is 1. The number of methoxy groups -OCH3 is 1. The Hall–Kier alpha value is -1.34. The third-order valence-electron chi connectivity index (χ3n) is 10.1. The van der Waals surface area contributed by atoms with Gasteiger partial charge in [-0.1, -0.05) is 6.92 Å². The van der Waals surface area contributed by atoms with Crippen LogP contribution in [-0.4, -0.2) is 50.4 Å². The van der Waals surface area contributed by atoms with Crippen LogP contribution in [0.2, 0.25) is 0 Å². The molecule has 0 saturated heterocycles. The second kappa shape index (κ2) is 7.62. The molecule has 0 radical (unpaired) electrons. The lowest BCUT2D eigenvalue weighted by Crippen LogP contribution is -2.58. The Morgan fingerprint density at radius 3 is 2.71 bits per heavy atom. The van der Waals surface area contributed by atoms with E-state index < -0.39 is 5.60 Å². The molecule has 7 nitrogen and oxygen atoms in total. The van der Waals surface area contributed by atoms with Crippen molar-refractivity contribution in [1.82, 2.24) is 20.2 Å². The Labute approximate surface area is 185 Å². The molecule has 0 bridgehead atoms. The van der Waals surface area contributed by atoms with E-state index in [2.05, 4.69) is 22.3 Å². The van der Waals surface area contributed by atoms with Gasteiger partial charge in [0, 0.05) is 13.0 Å². The van der Waals surface area contributed by atoms with Gasteiger partial charge in [0.2, 0.25) is 0 Å². The standard InChI is InChI=1S/C24H38N4O3/c1-22(30)10-11-24(14-31-3)16(12-22)4-5-17-18-6-7-20(23(18,2)9-8-19(17)24)21(29)13-28-26-15-25-27-28/h15-20,30H,4-14H2,1-3H3/t16-,17+,18+,19+,20-,22-,23+,24-/m1/s1. The predicted molar refractivity (Wildman–Crippen MR) is 115 cm³/mol. The van der Waals surface area contributed by atoms with Gasteiger partial charge < -0.3 is 9.84 Å². The van der Waals surface area contributed by atoms with Crippen molar-refractivity contribution >= 4 is 5.78 Å². The average Bonchev–Trinajstić information content (AvgIpc) is 3.35. The van der Waals surface area contributed by atoms with E-state index >= 15 is 0 Å². The fourth-order valence-corrected chi connectivity index (χ4v) is 8.82. The molecular weight excluding hydrogens is 392 g/mol. The molecule has 1 heterocycles. The van der Waals surface area contributed by atoms with Crippen LogP contribution in [0.25, 0.3) is 0 Å². The summed E-state index contributed by atoms with van der Waals surface area (Å²) in [7, 11) is 1.84. The molecule has 0 amide bonds. The lowest BCUT2D eigenvalue weighted by atomic mass is 9.43. The molecule has 5 rings (SSSR count). The fourth-order valence-electron chi connectivity index (χ4n) is 8.82. The van der Waals surface area contributed by atoms with E-state index in [0.29, 0.717) is 23.7 Å². The van der Waals surface area contributed by atoms with Crippen LogP contribution in [0.5, 0.6) is 0 Å². The van der Waals surface area contributed by atoms with E-state index in [1.54, 1.807) is 0 Å². The molecule has 1 aromatic heterocycles.